The molecule has 0 saturated heterocycles. The molecule has 0 aromatic heterocycles. The van der Waals surface area contributed by atoms with Crippen molar-refractivity contribution in [1.82, 2.24) is 10.6 Å². The van der Waals surface area contributed by atoms with Crippen LogP contribution in [0.3, 0.4) is 0 Å². The van der Waals surface area contributed by atoms with Crippen LogP contribution in [0.4, 0.5) is 0 Å². The number of rotatable bonds is 2. The molecule has 4 amide bonds. The second-order valence-corrected chi connectivity index (χ2v) is 11.7. The van der Waals surface area contributed by atoms with E-state index in [9.17, 15) is 24.4 Å². The van der Waals surface area contributed by atoms with Gasteiger partial charge in [0.1, 0.15) is 23.1 Å². The van der Waals surface area contributed by atoms with E-state index in [1.54, 1.807) is 6.07 Å². The van der Waals surface area contributed by atoms with Crippen molar-refractivity contribution < 1.29 is 28.7 Å². The van der Waals surface area contributed by atoms with Crippen LogP contribution in [0.25, 0.3) is 4.85 Å². The highest BCUT2D eigenvalue weighted by Crippen LogP contribution is 2.68. The van der Waals surface area contributed by atoms with Crippen molar-refractivity contribution in [3.8, 4) is 17.6 Å². The number of benzene rings is 1. The highest BCUT2D eigenvalue weighted by Gasteiger charge is 2.40. The van der Waals surface area contributed by atoms with Crippen LogP contribution in [0.5, 0.6) is 11.5 Å². The summed E-state index contributed by atoms with van der Waals surface area (Å²) in [7, 11) is 3.00. The lowest BCUT2D eigenvalue weighted by molar-refractivity contribution is -0.128. The number of hydrogen-bond donors (Lipinski definition) is 2. The molecule has 0 bridgehead atoms. The molecule has 1 aromatic carbocycles. The molecule has 4 heterocycles. The lowest BCUT2D eigenvalue weighted by Crippen LogP contribution is -2.36. The normalized spacial score (nSPS) is 18.6. The van der Waals surface area contributed by atoms with Crippen LogP contribution in [0.1, 0.15) is 0 Å². The molecule has 0 spiro atoms. The topological polar surface area (TPSA) is 139 Å². The molecule has 36 heavy (non-hydrogen) atoms. The van der Waals surface area contributed by atoms with E-state index in [0.29, 0.717) is 39.6 Å². The van der Waals surface area contributed by atoms with Crippen molar-refractivity contribution in [2.75, 3.05) is 14.2 Å². The molecule has 4 aliphatic heterocycles. The molecule has 0 radical (unpaired) electrons. The van der Waals surface area contributed by atoms with Crippen molar-refractivity contribution in [2.24, 2.45) is 0 Å². The Bertz CT molecular complexity index is 1400. The molecular formula is C22H10N4O6S4. The van der Waals surface area contributed by atoms with Gasteiger partial charge in [0.25, 0.3) is 29.3 Å². The van der Waals surface area contributed by atoms with Crippen LogP contribution in [-0.4, -0.2) is 37.8 Å². The van der Waals surface area contributed by atoms with E-state index < -0.39 is 23.6 Å². The summed E-state index contributed by atoms with van der Waals surface area (Å²) in [4.78, 5) is 54.5. The maximum Gasteiger partial charge on any atom is 0.268 e. The summed E-state index contributed by atoms with van der Waals surface area (Å²) in [6.07, 6.45) is 2.54. The average Bonchev–Trinajstić information content (AvgIpc) is 3.47. The maximum atomic E-state index is 12.5. The van der Waals surface area contributed by atoms with Gasteiger partial charge in [0.05, 0.1) is 60.0 Å². The van der Waals surface area contributed by atoms with Crippen LogP contribution in [0, 0.1) is 17.9 Å². The van der Waals surface area contributed by atoms with Crippen molar-refractivity contribution in [2.45, 2.75) is 19.6 Å². The second-order valence-electron chi connectivity index (χ2n) is 7.07. The number of carbonyl (C=O) groups excluding carboxylic acids is 4. The zero-order valence-corrected chi connectivity index (χ0v) is 21.4. The van der Waals surface area contributed by atoms with Crippen molar-refractivity contribution in [1.29, 1.82) is 5.26 Å². The van der Waals surface area contributed by atoms with Gasteiger partial charge in [-0.2, -0.15) is 5.26 Å². The minimum Gasteiger partial charge on any atom is -0.494 e. The van der Waals surface area contributed by atoms with Crippen LogP contribution >= 0.6 is 47.0 Å². The number of amides is 4. The first-order chi connectivity index (χ1) is 17.3. The van der Waals surface area contributed by atoms with Crippen LogP contribution in [0.2, 0.25) is 0 Å². The number of nitrogens with one attached hydrogen (secondary N) is 2. The highest BCUT2D eigenvalue weighted by atomic mass is 32.2. The van der Waals surface area contributed by atoms with E-state index in [-0.39, 0.29) is 22.4 Å². The molecule has 0 aliphatic carbocycles. The minimum absolute atomic E-state index is 0.172. The van der Waals surface area contributed by atoms with Crippen molar-refractivity contribution in [3.63, 3.8) is 0 Å². The molecule has 0 unspecified atom stereocenters. The molecule has 4 aliphatic rings. The maximum absolute atomic E-state index is 12.5. The Balaban J connectivity index is 1.63. The molecular weight excluding hydrogens is 545 g/mol. The summed E-state index contributed by atoms with van der Waals surface area (Å²) in [6, 6.07) is 1.79. The van der Waals surface area contributed by atoms with E-state index in [2.05, 4.69) is 15.5 Å². The summed E-state index contributed by atoms with van der Waals surface area (Å²) >= 11 is 4.99. The Morgan fingerprint density at radius 1 is 0.778 bits per heavy atom. The number of nitriles is 1. The fourth-order valence-electron chi connectivity index (χ4n) is 3.48. The van der Waals surface area contributed by atoms with Crippen molar-refractivity contribution >= 4 is 70.7 Å². The van der Waals surface area contributed by atoms with Gasteiger partial charge < -0.3 is 9.47 Å². The fraction of sp³-hybridized carbons (Fsp3) is 0.0909. The van der Waals surface area contributed by atoms with Gasteiger partial charge in [-0.15, -0.1) is 0 Å². The summed E-state index contributed by atoms with van der Waals surface area (Å²) in [6.45, 7) is 7.18. The van der Waals surface area contributed by atoms with E-state index in [4.69, 9.17) is 16.0 Å². The zero-order valence-electron chi connectivity index (χ0n) is 18.1. The number of hydrogen-bond acceptors (Lipinski definition) is 11. The Hall–Kier alpha value is -3.56. The summed E-state index contributed by atoms with van der Waals surface area (Å²) in [5.74, 6) is -1.70. The summed E-state index contributed by atoms with van der Waals surface area (Å²) in [5, 5.41) is 13.6. The largest absolute Gasteiger partial charge is 0.494 e. The van der Waals surface area contributed by atoms with Gasteiger partial charge in [-0.05, 0) is 12.2 Å². The number of imide groups is 2. The summed E-state index contributed by atoms with van der Waals surface area (Å²) < 4.78 is 12.6. The third-order valence-electron chi connectivity index (χ3n) is 5.10. The third kappa shape index (κ3) is 3.70. The zero-order chi connectivity index (χ0) is 25.7. The van der Waals surface area contributed by atoms with Gasteiger partial charge in [-0.3, -0.25) is 29.8 Å². The van der Waals surface area contributed by atoms with Gasteiger partial charge >= 0.3 is 0 Å². The van der Waals surface area contributed by atoms with E-state index in [1.165, 1.54) is 73.4 Å². The molecule has 0 saturated carbocycles. The summed E-state index contributed by atoms with van der Waals surface area (Å²) in [5.41, 5.74) is 0.0169. The smallest absolute Gasteiger partial charge is 0.268 e. The minimum atomic E-state index is -0.747. The van der Waals surface area contributed by atoms with E-state index in [1.807, 2.05) is 0 Å². The van der Waals surface area contributed by atoms with Crippen LogP contribution in [-0.2, 0) is 19.2 Å². The first kappa shape index (κ1) is 24.1. The van der Waals surface area contributed by atoms with E-state index >= 15 is 0 Å². The van der Waals surface area contributed by atoms with Crippen molar-refractivity contribution in [3.05, 3.63) is 54.5 Å². The standard InChI is InChI=1S/C22H10N4O6S4/c1-24-10-5-9(19(29)26-20(10)30)22-35-15-11(31-2)13-14(12(32-3)16(15)36-22)34-21(33-13)8-4-7(6-23)17(27)25-18(8)28/h4-5H,2-3H3,(H,25,27,28)(H,26,29,30). The first-order valence-electron chi connectivity index (χ1n) is 9.75. The lowest BCUT2D eigenvalue weighted by atomic mass is 10.1. The number of nitrogens with zero attached hydrogens (tertiary/aromatic N) is 2. The quantitative estimate of drug-likeness (QED) is 0.317. The Kier molecular flexibility index (Phi) is 6.13. The van der Waals surface area contributed by atoms with Crippen LogP contribution in [0.15, 0.2) is 62.6 Å². The Morgan fingerprint density at radius 3 is 1.64 bits per heavy atom. The molecule has 1 aromatic rings. The number of carbonyl (C=O) groups is 4. The second kappa shape index (κ2) is 9.15. The number of thioether (sulfide) groups is 4. The lowest BCUT2D eigenvalue weighted by Gasteiger charge is -2.14. The molecule has 5 rings (SSSR count). The third-order valence-corrected chi connectivity index (χ3v) is 10.3. The van der Waals surface area contributed by atoms with Gasteiger partial charge in [0.2, 0.25) is 0 Å². The van der Waals surface area contributed by atoms with Gasteiger partial charge in [-0.25, -0.2) is 4.85 Å². The first-order valence-corrected chi connectivity index (χ1v) is 13.0. The predicted octanol–water partition coefficient (Wildman–Crippen LogP) is 3.09. The van der Waals surface area contributed by atoms with E-state index in [0.717, 1.165) is 0 Å². The monoisotopic (exact) mass is 554 g/mol. The molecule has 0 fully saturated rings. The fourth-order valence-corrected chi connectivity index (χ4v) is 9.08. The number of ether oxygens (including phenoxy) is 2. The molecule has 0 atom stereocenters. The predicted molar refractivity (Wildman–Crippen MR) is 132 cm³/mol. The molecule has 10 nitrogen and oxygen atoms in total. The molecule has 178 valence electrons. The SMILES string of the molecule is [C-]#[N+]C1=CC(=C2Sc3c(OC)c4c(c(OC)c3S2)SC(=C2C=C(C#N)C(=O)NC2=O)S4)C(=O)NC1=O. The Morgan fingerprint density at radius 2 is 1.22 bits per heavy atom. The molecule has 14 heteroatoms. The van der Waals surface area contributed by atoms with Gasteiger partial charge in [0.15, 0.2) is 0 Å². The number of methoxy groups -OCH3 is 2. The highest BCUT2D eigenvalue weighted by molar-refractivity contribution is 8.26. The van der Waals surface area contributed by atoms with Gasteiger partial charge in [0, 0.05) is 0 Å². The van der Waals surface area contributed by atoms with Gasteiger partial charge in [-0.1, -0.05) is 47.0 Å². The number of fused-ring (bicyclic) bond motifs is 2. The average molecular weight is 555 g/mol. The van der Waals surface area contributed by atoms with Crippen LogP contribution < -0.4 is 20.1 Å². The molecule has 2 N–H and O–H groups in total. The Labute approximate surface area is 220 Å².